The largest absolute Gasteiger partial charge is 0.373 e. The summed E-state index contributed by atoms with van der Waals surface area (Å²) < 4.78 is 38.0. The van der Waals surface area contributed by atoms with Crippen molar-refractivity contribution in [3.8, 4) is 11.3 Å². The molecule has 6 rings (SSSR count). The Morgan fingerprint density at radius 3 is 2.81 bits per heavy atom. The Kier molecular flexibility index (Phi) is 4.53. The van der Waals surface area contributed by atoms with E-state index in [0.29, 0.717) is 41.8 Å². The van der Waals surface area contributed by atoms with Gasteiger partial charge in [0.15, 0.2) is 5.65 Å². The lowest BCUT2D eigenvalue weighted by Crippen LogP contribution is -2.20. The molecule has 1 saturated carbocycles. The molecule has 0 N–H and O–H groups in total. The van der Waals surface area contributed by atoms with Crippen molar-refractivity contribution in [3.63, 3.8) is 0 Å². The van der Waals surface area contributed by atoms with Gasteiger partial charge in [-0.15, -0.1) is 0 Å². The summed E-state index contributed by atoms with van der Waals surface area (Å²) in [4.78, 5) is 13.9. The number of hydrogen-bond donors (Lipinski definition) is 0. The molecule has 0 spiro atoms. The Balaban J connectivity index is 1.38. The number of aromatic nitrogens is 6. The molecule has 32 heavy (non-hydrogen) atoms. The SMILES string of the molecule is Cn1cnc2nc([C@H]3CCO[C@@H](c4cnn(C5CC5)c4)C3)nc(-c3ccc(F)cc3F)c21. The van der Waals surface area contributed by atoms with Crippen LogP contribution in [0.5, 0.6) is 0 Å². The summed E-state index contributed by atoms with van der Waals surface area (Å²) in [5.41, 5.74) is 2.84. The highest BCUT2D eigenvalue weighted by molar-refractivity contribution is 5.87. The Hall–Kier alpha value is -3.20. The summed E-state index contributed by atoms with van der Waals surface area (Å²) in [6.45, 7) is 0.577. The van der Waals surface area contributed by atoms with E-state index in [4.69, 9.17) is 14.7 Å². The van der Waals surface area contributed by atoms with E-state index in [2.05, 4.69) is 16.3 Å². The Morgan fingerprint density at radius 1 is 1.12 bits per heavy atom. The molecule has 4 aromatic rings. The van der Waals surface area contributed by atoms with E-state index in [1.54, 1.807) is 10.9 Å². The number of benzene rings is 1. The van der Waals surface area contributed by atoms with Gasteiger partial charge in [0.05, 0.1) is 24.7 Å². The average molecular weight is 436 g/mol. The van der Waals surface area contributed by atoms with Gasteiger partial charge >= 0.3 is 0 Å². The molecule has 0 unspecified atom stereocenters. The number of ether oxygens (including phenoxy) is 1. The highest BCUT2D eigenvalue weighted by Crippen LogP contribution is 2.40. The molecule has 2 fully saturated rings. The van der Waals surface area contributed by atoms with Crippen molar-refractivity contribution in [1.29, 1.82) is 0 Å². The van der Waals surface area contributed by atoms with Crippen LogP contribution >= 0.6 is 0 Å². The standard InChI is InChI=1S/C23H22F2N6O/c1-30-12-26-23-21(30)20(17-5-2-15(24)9-18(17)25)28-22(29-23)13-6-7-32-19(8-13)14-10-27-31(11-14)16-3-4-16/h2,5,9-13,16,19H,3-4,6-8H2,1H3/t13-,19+/m0/s1. The molecular weight excluding hydrogens is 414 g/mol. The molecule has 2 aliphatic rings. The zero-order valence-corrected chi connectivity index (χ0v) is 17.6. The van der Waals surface area contributed by atoms with Crippen LogP contribution in [0, 0.1) is 11.6 Å². The Bertz CT molecular complexity index is 1310. The van der Waals surface area contributed by atoms with Gasteiger partial charge in [-0.2, -0.15) is 5.10 Å². The molecule has 1 aliphatic carbocycles. The minimum absolute atomic E-state index is 0.0340. The third-order valence-corrected chi connectivity index (χ3v) is 6.34. The third-order valence-electron chi connectivity index (χ3n) is 6.34. The molecular formula is C23H22F2N6O. The Morgan fingerprint density at radius 2 is 2.00 bits per heavy atom. The lowest BCUT2D eigenvalue weighted by atomic mass is 9.92. The number of imidazole rings is 1. The molecule has 0 amide bonds. The van der Waals surface area contributed by atoms with Gasteiger partial charge in [0.25, 0.3) is 0 Å². The first-order valence-electron chi connectivity index (χ1n) is 10.9. The molecule has 0 radical (unpaired) electrons. The maximum absolute atomic E-state index is 14.7. The van der Waals surface area contributed by atoms with Crippen molar-refractivity contribution in [1.82, 2.24) is 29.3 Å². The minimum Gasteiger partial charge on any atom is -0.373 e. The zero-order chi connectivity index (χ0) is 21.8. The van der Waals surface area contributed by atoms with Gasteiger partial charge in [0.2, 0.25) is 0 Å². The first-order chi connectivity index (χ1) is 15.6. The summed E-state index contributed by atoms with van der Waals surface area (Å²) in [6.07, 6.45) is 9.33. The van der Waals surface area contributed by atoms with E-state index in [1.807, 2.05) is 17.9 Å². The second-order valence-electron chi connectivity index (χ2n) is 8.65. The fourth-order valence-corrected chi connectivity index (χ4v) is 4.45. The normalized spacial score (nSPS) is 21.3. The number of halogens is 2. The molecule has 7 nitrogen and oxygen atoms in total. The second kappa shape index (κ2) is 7.44. The fourth-order valence-electron chi connectivity index (χ4n) is 4.45. The van der Waals surface area contributed by atoms with Gasteiger partial charge in [-0.1, -0.05) is 0 Å². The van der Waals surface area contributed by atoms with Crippen molar-refractivity contribution in [2.75, 3.05) is 6.61 Å². The van der Waals surface area contributed by atoms with Crippen molar-refractivity contribution >= 4 is 11.2 Å². The Labute approximate surface area is 183 Å². The maximum atomic E-state index is 14.7. The van der Waals surface area contributed by atoms with E-state index in [1.165, 1.54) is 25.0 Å². The lowest BCUT2D eigenvalue weighted by Gasteiger charge is -2.28. The van der Waals surface area contributed by atoms with Crippen LogP contribution in [0.3, 0.4) is 0 Å². The van der Waals surface area contributed by atoms with Crippen molar-refractivity contribution in [3.05, 3.63) is 59.9 Å². The van der Waals surface area contributed by atoms with Crippen LogP contribution in [0.2, 0.25) is 0 Å². The summed E-state index contributed by atoms with van der Waals surface area (Å²) >= 11 is 0. The van der Waals surface area contributed by atoms with Gasteiger partial charge in [0.1, 0.15) is 28.7 Å². The van der Waals surface area contributed by atoms with Crippen LogP contribution < -0.4 is 0 Å². The number of nitrogens with zero attached hydrogens (tertiary/aromatic N) is 6. The summed E-state index contributed by atoms with van der Waals surface area (Å²) in [5, 5.41) is 4.49. The third kappa shape index (κ3) is 3.37. The molecule has 1 aliphatic heterocycles. The van der Waals surface area contributed by atoms with Crippen LogP contribution in [0.25, 0.3) is 22.4 Å². The van der Waals surface area contributed by atoms with E-state index < -0.39 is 11.6 Å². The van der Waals surface area contributed by atoms with Crippen molar-refractivity contribution < 1.29 is 13.5 Å². The highest BCUT2D eigenvalue weighted by atomic mass is 19.1. The predicted molar refractivity (Wildman–Crippen MR) is 113 cm³/mol. The zero-order valence-electron chi connectivity index (χ0n) is 17.6. The number of hydrogen-bond acceptors (Lipinski definition) is 5. The molecule has 1 saturated heterocycles. The van der Waals surface area contributed by atoms with Crippen LogP contribution in [-0.4, -0.2) is 35.9 Å². The van der Waals surface area contributed by atoms with Gasteiger partial charge in [0, 0.05) is 43.0 Å². The fraction of sp³-hybridized carbons (Fsp3) is 0.391. The molecule has 0 bridgehead atoms. The van der Waals surface area contributed by atoms with Crippen LogP contribution in [0.15, 0.2) is 36.9 Å². The molecule has 4 heterocycles. The average Bonchev–Trinajstić information content (AvgIpc) is 3.40. The molecule has 1 aromatic carbocycles. The molecule has 2 atom stereocenters. The topological polar surface area (TPSA) is 70.7 Å². The first-order valence-corrected chi connectivity index (χ1v) is 10.9. The van der Waals surface area contributed by atoms with Crippen molar-refractivity contribution in [2.24, 2.45) is 7.05 Å². The van der Waals surface area contributed by atoms with Gasteiger partial charge in [-0.3, -0.25) is 4.68 Å². The molecule has 3 aromatic heterocycles. The number of rotatable bonds is 4. The van der Waals surface area contributed by atoms with Gasteiger partial charge < -0.3 is 9.30 Å². The van der Waals surface area contributed by atoms with Crippen LogP contribution in [0.1, 0.15) is 55.1 Å². The van der Waals surface area contributed by atoms with Gasteiger partial charge in [-0.05, 0) is 37.8 Å². The smallest absolute Gasteiger partial charge is 0.181 e. The summed E-state index contributed by atoms with van der Waals surface area (Å²) in [6, 6.07) is 4.06. The number of aryl methyl sites for hydroxylation is 1. The van der Waals surface area contributed by atoms with Crippen LogP contribution in [-0.2, 0) is 11.8 Å². The molecule has 164 valence electrons. The van der Waals surface area contributed by atoms with Crippen LogP contribution in [0.4, 0.5) is 8.78 Å². The van der Waals surface area contributed by atoms with Crippen molar-refractivity contribution in [2.45, 2.75) is 43.7 Å². The minimum atomic E-state index is -0.658. The van der Waals surface area contributed by atoms with Gasteiger partial charge in [-0.25, -0.2) is 23.7 Å². The quantitative estimate of drug-likeness (QED) is 0.472. The van der Waals surface area contributed by atoms with E-state index >= 15 is 0 Å². The van der Waals surface area contributed by atoms with E-state index in [0.717, 1.165) is 18.1 Å². The summed E-state index contributed by atoms with van der Waals surface area (Å²) in [5.74, 6) is -0.639. The van der Waals surface area contributed by atoms with E-state index in [-0.39, 0.29) is 17.6 Å². The maximum Gasteiger partial charge on any atom is 0.181 e. The highest BCUT2D eigenvalue weighted by Gasteiger charge is 2.31. The van der Waals surface area contributed by atoms with E-state index in [9.17, 15) is 8.78 Å². The monoisotopic (exact) mass is 436 g/mol. The molecule has 9 heteroatoms. The second-order valence-corrected chi connectivity index (χ2v) is 8.65. The lowest BCUT2D eigenvalue weighted by molar-refractivity contribution is 0.00396. The summed E-state index contributed by atoms with van der Waals surface area (Å²) in [7, 11) is 1.81. The first kappa shape index (κ1) is 19.5. The number of fused-ring (bicyclic) bond motifs is 1. The predicted octanol–water partition coefficient (Wildman–Crippen LogP) is 4.48.